The van der Waals surface area contributed by atoms with Crippen molar-refractivity contribution in [3.63, 3.8) is 0 Å². The summed E-state index contributed by atoms with van der Waals surface area (Å²) in [5, 5.41) is 3.45. The lowest BCUT2D eigenvalue weighted by Crippen LogP contribution is -2.20. The Balaban J connectivity index is 3.93. The number of carbonyl (C=O) groups excluding carboxylic acids is 1. The number of hydrogen-bond donors (Lipinski definition) is 1. The zero-order valence-corrected chi connectivity index (χ0v) is 18.8. The van der Waals surface area contributed by atoms with Crippen molar-refractivity contribution < 1.29 is 9.53 Å². The van der Waals surface area contributed by atoms with Crippen LogP contribution in [0.3, 0.4) is 0 Å². The van der Waals surface area contributed by atoms with Gasteiger partial charge in [0.25, 0.3) is 0 Å². The molecule has 1 N–H and O–H groups in total. The molecule has 27 heavy (non-hydrogen) atoms. The van der Waals surface area contributed by atoms with E-state index in [0.29, 0.717) is 6.61 Å². The van der Waals surface area contributed by atoms with Crippen LogP contribution in [0.4, 0.5) is 0 Å². The number of unbranched alkanes of at least 4 members (excludes halogenated alkanes) is 10. The fourth-order valence-corrected chi connectivity index (χ4v) is 3.44. The van der Waals surface area contributed by atoms with Gasteiger partial charge >= 0.3 is 5.97 Å². The van der Waals surface area contributed by atoms with Crippen LogP contribution < -0.4 is 5.32 Å². The average molecular weight is 384 g/mol. The Morgan fingerprint density at radius 1 is 0.667 bits per heavy atom. The van der Waals surface area contributed by atoms with Crippen molar-refractivity contribution >= 4 is 5.97 Å². The summed E-state index contributed by atoms with van der Waals surface area (Å²) in [6.07, 6.45) is 19.3. The number of hydrogen-bond acceptors (Lipinski definition) is 3. The van der Waals surface area contributed by atoms with Crippen LogP contribution in [0.2, 0.25) is 0 Å². The molecular formula is C24H49NO2. The highest BCUT2D eigenvalue weighted by Crippen LogP contribution is 2.20. The standard InChI is InChI=1S/C24H49NO2/c1-4-7-10-12-13-15-19-23(18-14-11-8-5-2)24(26)27-22-17-16-21-25-20-9-6-3/h23,25H,4-22H2,1-3H3. The second-order valence-corrected chi connectivity index (χ2v) is 8.08. The molecule has 3 nitrogen and oxygen atoms in total. The zero-order valence-electron chi connectivity index (χ0n) is 18.8. The topological polar surface area (TPSA) is 38.3 Å². The summed E-state index contributed by atoms with van der Waals surface area (Å²) in [6, 6.07) is 0. The van der Waals surface area contributed by atoms with E-state index in [9.17, 15) is 4.79 Å². The Morgan fingerprint density at radius 2 is 1.19 bits per heavy atom. The first-order valence-corrected chi connectivity index (χ1v) is 12.1. The van der Waals surface area contributed by atoms with Gasteiger partial charge in [-0.1, -0.05) is 91.4 Å². The van der Waals surface area contributed by atoms with Gasteiger partial charge in [0.15, 0.2) is 0 Å². The minimum atomic E-state index is 0.0685. The van der Waals surface area contributed by atoms with E-state index in [2.05, 4.69) is 26.1 Å². The highest BCUT2D eigenvalue weighted by Gasteiger charge is 2.19. The molecule has 0 rings (SSSR count). The minimum Gasteiger partial charge on any atom is -0.465 e. The van der Waals surface area contributed by atoms with Crippen molar-refractivity contribution in [1.29, 1.82) is 0 Å². The first-order valence-electron chi connectivity index (χ1n) is 12.1. The van der Waals surface area contributed by atoms with E-state index in [1.165, 1.54) is 77.0 Å². The molecule has 0 aliphatic rings. The highest BCUT2D eigenvalue weighted by molar-refractivity contribution is 5.72. The third-order valence-corrected chi connectivity index (χ3v) is 5.34. The molecule has 0 aromatic carbocycles. The summed E-state index contributed by atoms with van der Waals surface area (Å²) in [4.78, 5) is 12.5. The lowest BCUT2D eigenvalue weighted by atomic mass is 9.94. The third kappa shape index (κ3) is 18.6. The first-order chi connectivity index (χ1) is 13.3. The predicted molar refractivity (Wildman–Crippen MR) is 118 cm³/mol. The van der Waals surface area contributed by atoms with Gasteiger partial charge in [-0.3, -0.25) is 4.79 Å². The van der Waals surface area contributed by atoms with Gasteiger partial charge in [-0.05, 0) is 45.2 Å². The molecule has 0 fully saturated rings. The van der Waals surface area contributed by atoms with Crippen LogP contribution in [-0.4, -0.2) is 25.7 Å². The van der Waals surface area contributed by atoms with Gasteiger partial charge in [-0.25, -0.2) is 0 Å². The van der Waals surface area contributed by atoms with E-state index in [1.807, 2.05) is 0 Å². The Hall–Kier alpha value is -0.570. The normalized spacial score (nSPS) is 12.3. The van der Waals surface area contributed by atoms with E-state index < -0.39 is 0 Å². The van der Waals surface area contributed by atoms with Crippen molar-refractivity contribution in [2.24, 2.45) is 5.92 Å². The van der Waals surface area contributed by atoms with Gasteiger partial charge in [-0.2, -0.15) is 0 Å². The summed E-state index contributed by atoms with van der Waals surface area (Å²) < 4.78 is 5.62. The molecule has 0 bridgehead atoms. The van der Waals surface area contributed by atoms with E-state index in [0.717, 1.165) is 38.8 Å². The molecule has 0 saturated heterocycles. The molecule has 0 spiro atoms. The molecule has 162 valence electrons. The molecule has 1 atom stereocenters. The van der Waals surface area contributed by atoms with E-state index in [-0.39, 0.29) is 11.9 Å². The van der Waals surface area contributed by atoms with Crippen molar-refractivity contribution in [1.82, 2.24) is 5.32 Å². The molecular weight excluding hydrogens is 334 g/mol. The van der Waals surface area contributed by atoms with Crippen LogP contribution >= 0.6 is 0 Å². The third-order valence-electron chi connectivity index (χ3n) is 5.34. The number of esters is 1. The number of carbonyl (C=O) groups is 1. The fraction of sp³-hybridized carbons (Fsp3) is 0.958. The lowest BCUT2D eigenvalue weighted by Gasteiger charge is -2.16. The maximum absolute atomic E-state index is 12.5. The second-order valence-electron chi connectivity index (χ2n) is 8.08. The molecule has 0 amide bonds. The molecule has 0 aliphatic carbocycles. The van der Waals surface area contributed by atoms with Crippen molar-refractivity contribution in [2.45, 2.75) is 124 Å². The Bertz CT molecular complexity index is 307. The average Bonchev–Trinajstić information content (AvgIpc) is 2.68. The monoisotopic (exact) mass is 383 g/mol. The van der Waals surface area contributed by atoms with Gasteiger partial charge < -0.3 is 10.1 Å². The summed E-state index contributed by atoms with van der Waals surface area (Å²) in [5.74, 6) is 0.203. The van der Waals surface area contributed by atoms with Crippen LogP contribution in [0.5, 0.6) is 0 Å². The van der Waals surface area contributed by atoms with E-state index in [1.54, 1.807) is 0 Å². The Kier molecular flexibility index (Phi) is 21.3. The van der Waals surface area contributed by atoms with Crippen LogP contribution in [0.25, 0.3) is 0 Å². The van der Waals surface area contributed by atoms with Gasteiger partial charge in [0.2, 0.25) is 0 Å². The largest absolute Gasteiger partial charge is 0.465 e. The zero-order chi connectivity index (χ0) is 20.0. The smallest absolute Gasteiger partial charge is 0.308 e. The lowest BCUT2D eigenvalue weighted by molar-refractivity contribution is -0.149. The molecule has 0 aromatic heterocycles. The predicted octanol–water partition coefficient (Wildman–Crippen LogP) is 7.04. The number of rotatable bonds is 21. The van der Waals surface area contributed by atoms with Crippen molar-refractivity contribution in [3.8, 4) is 0 Å². The van der Waals surface area contributed by atoms with Gasteiger partial charge in [0.05, 0.1) is 12.5 Å². The van der Waals surface area contributed by atoms with Crippen LogP contribution in [0.1, 0.15) is 124 Å². The second kappa shape index (κ2) is 21.7. The molecule has 0 heterocycles. The van der Waals surface area contributed by atoms with Crippen LogP contribution in [0, 0.1) is 5.92 Å². The molecule has 0 saturated carbocycles. The molecule has 1 unspecified atom stereocenters. The summed E-state index contributed by atoms with van der Waals surface area (Å²) in [7, 11) is 0. The summed E-state index contributed by atoms with van der Waals surface area (Å²) >= 11 is 0. The van der Waals surface area contributed by atoms with Gasteiger partial charge in [0.1, 0.15) is 0 Å². The number of nitrogens with one attached hydrogen (secondary N) is 1. The maximum atomic E-state index is 12.5. The van der Waals surface area contributed by atoms with Crippen molar-refractivity contribution in [2.75, 3.05) is 19.7 Å². The van der Waals surface area contributed by atoms with Crippen molar-refractivity contribution in [3.05, 3.63) is 0 Å². The SMILES string of the molecule is CCCCCCCCC(CCCCCC)C(=O)OCCCCNCCCC. The van der Waals surface area contributed by atoms with E-state index in [4.69, 9.17) is 4.74 Å². The Labute approximate surface area is 170 Å². The Morgan fingerprint density at radius 3 is 1.81 bits per heavy atom. The van der Waals surface area contributed by atoms with Gasteiger partial charge in [-0.15, -0.1) is 0 Å². The summed E-state index contributed by atoms with van der Waals surface area (Å²) in [6.45, 7) is 9.44. The maximum Gasteiger partial charge on any atom is 0.308 e. The molecule has 0 aliphatic heterocycles. The molecule has 3 heteroatoms. The van der Waals surface area contributed by atoms with E-state index >= 15 is 0 Å². The first kappa shape index (κ1) is 26.4. The quantitative estimate of drug-likeness (QED) is 0.171. The van der Waals surface area contributed by atoms with Gasteiger partial charge in [0, 0.05) is 0 Å². The molecule has 0 radical (unpaired) electrons. The van der Waals surface area contributed by atoms with Crippen LogP contribution in [-0.2, 0) is 9.53 Å². The number of ether oxygens (including phenoxy) is 1. The minimum absolute atomic E-state index is 0.0685. The fourth-order valence-electron chi connectivity index (χ4n) is 3.44. The van der Waals surface area contributed by atoms with Crippen LogP contribution in [0.15, 0.2) is 0 Å². The summed E-state index contributed by atoms with van der Waals surface area (Å²) in [5.41, 5.74) is 0. The highest BCUT2D eigenvalue weighted by atomic mass is 16.5. The molecule has 0 aromatic rings.